The van der Waals surface area contributed by atoms with Crippen molar-refractivity contribution in [2.24, 2.45) is 0 Å². The molecule has 1 atom stereocenters. The fourth-order valence-corrected chi connectivity index (χ4v) is 2.70. The van der Waals surface area contributed by atoms with E-state index in [4.69, 9.17) is 0 Å². The number of unbranched alkanes of at least 4 members (excludes halogenated alkanes) is 12. The van der Waals surface area contributed by atoms with Crippen molar-refractivity contribution in [2.75, 3.05) is 0 Å². The van der Waals surface area contributed by atoms with Crippen molar-refractivity contribution in [3.63, 3.8) is 0 Å². The Morgan fingerprint density at radius 1 is 0.750 bits per heavy atom. The van der Waals surface area contributed by atoms with Gasteiger partial charge in [-0.25, -0.2) is 0 Å². The number of halogens is 3. The Kier molecular flexibility index (Phi) is 12.4. The van der Waals surface area contributed by atoms with Crippen LogP contribution < -0.4 is 0 Å². The Hall–Kier alpha value is -0.580. The van der Waals surface area contributed by atoms with Crippen LogP contribution in [-0.2, 0) is 4.79 Å². The Morgan fingerprint density at radius 2 is 1.08 bits per heavy atom. The number of carbonyl (C=O) groups excluding carboxylic acids is 1. The van der Waals surface area contributed by atoms with Crippen molar-refractivity contribution in [2.45, 2.75) is 116 Å². The second-order valence-electron chi connectivity index (χ2n) is 6.99. The molecular weight excluding hydrogens is 317 g/mol. The number of alkyl halides is 3. The fourth-order valence-electron chi connectivity index (χ4n) is 2.70. The monoisotopic (exact) mass is 352 g/mol. The normalized spacial score (nSPS) is 14.6. The van der Waals surface area contributed by atoms with Crippen LogP contribution in [0.15, 0.2) is 0 Å². The number of hydrogen-bond donors (Lipinski definition) is 1. The third-order valence-electron chi connectivity index (χ3n) is 4.60. The highest BCUT2D eigenvalue weighted by molar-refractivity contribution is 5.87. The molecule has 0 saturated heterocycles. The van der Waals surface area contributed by atoms with Gasteiger partial charge >= 0.3 is 6.18 Å². The molecular formula is C19H35F3O2. The van der Waals surface area contributed by atoms with Crippen LogP contribution in [-0.4, -0.2) is 22.7 Å². The first-order valence-electron chi connectivity index (χ1n) is 9.56. The van der Waals surface area contributed by atoms with Crippen LogP contribution >= 0.6 is 0 Å². The van der Waals surface area contributed by atoms with Gasteiger partial charge in [0.25, 0.3) is 0 Å². The van der Waals surface area contributed by atoms with Crippen molar-refractivity contribution in [1.82, 2.24) is 0 Å². The zero-order valence-corrected chi connectivity index (χ0v) is 15.4. The number of Topliss-reactive ketones (excluding diaryl/α,β-unsaturated/α-hetero) is 1. The molecule has 0 aliphatic rings. The lowest BCUT2D eigenvalue weighted by atomic mass is 9.95. The molecule has 5 heteroatoms. The standard InChI is InChI=1S/C19H35F3O2/c1-3-4-5-6-7-8-9-10-11-12-13-14-15-16-17(23)18(2,24)19(20,21)22/h24H,3-16H2,1-2H3. The summed E-state index contributed by atoms with van der Waals surface area (Å²) in [6.07, 6.45) is 9.63. The first-order chi connectivity index (χ1) is 11.2. The van der Waals surface area contributed by atoms with E-state index < -0.39 is 17.6 Å². The number of aliphatic hydroxyl groups is 1. The van der Waals surface area contributed by atoms with Crippen LogP contribution in [0, 0.1) is 0 Å². The van der Waals surface area contributed by atoms with Gasteiger partial charge < -0.3 is 5.11 Å². The van der Waals surface area contributed by atoms with E-state index in [1.54, 1.807) is 0 Å². The second kappa shape index (κ2) is 12.7. The summed E-state index contributed by atoms with van der Waals surface area (Å²) in [7, 11) is 0. The first-order valence-corrected chi connectivity index (χ1v) is 9.56. The van der Waals surface area contributed by atoms with E-state index in [-0.39, 0.29) is 6.42 Å². The highest BCUT2D eigenvalue weighted by Gasteiger charge is 2.54. The molecule has 0 rings (SSSR count). The highest BCUT2D eigenvalue weighted by atomic mass is 19.4. The average molecular weight is 352 g/mol. The van der Waals surface area contributed by atoms with Gasteiger partial charge in [-0.05, 0) is 13.3 Å². The van der Waals surface area contributed by atoms with E-state index in [1.807, 2.05) is 0 Å². The van der Waals surface area contributed by atoms with E-state index in [0.717, 1.165) is 25.7 Å². The molecule has 0 aromatic carbocycles. The highest BCUT2D eigenvalue weighted by Crippen LogP contribution is 2.32. The molecule has 0 heterocycles. The Balaban J connectivity index is 3.44. The fraction of sp³-hybridized carbons (Fsp3) is 0.947. The van der Waals surface area contributed by atoms with Gasteiger partial charge in [0.15, 0.2) is 5.78 Å². The molecule has 0 aromatic heterocycles. The minimum atomic E-state index is -4.89. The molecule has 0 saturated carbocycles. The van der Waals surface area contributed by atoms with E-state index in [0.29, 0.717) is 13.3 Å². The predicted molar refractivity (Wildman–Crippen MR) is 92.0 cm³/mol. The summed E-state index contributed by atoms with van der Waals surface area (Å²) in [5.74, 6) is -1.13. The first kappa shape index (κ1) is 23.4. The molecule has 0 aromatic rings. The average Bonchev–Trinajstić information content (AvgIpc) is 2.50. The van der Waals surface area contributed by atoms with Crippen LogP contribution in [0.2, 0.25) is 0 Å². The molecule has 1 unspecified atom stereocenters. The van der Waals surface area contributed by atoms with Gasteiger partial charge in [-0.2, -0.15) is 13.2 Å². The largest absolute Gasteiger partial charge is 0.424 e. The summed E-state index contributed by atoms with van der Waals surface area (Å²) in [5.41, 5.74) is -3.20. The molecule has 0 fully saturated rings. The number of ketones is 1. The maximum Gasteiger partial charge on any atom is 0.424 e. The van der Waals surface area contributed by atoms with Gasteiger partial charge in [0.1, 0.15) is 0 Å². The van der Waals surface area contributed by atoms with E-state index in [9.17, 15) is 23.1 Å². The second-order valence-corrected chi connectivity index (χ2v) is 6.99. The van der Waals surface area contributed by atoms with E-state index in [1.165, 1.54) is 51.4 Å². The Bertz CT molecular complexity index is 325. The van der Waals surface area contributed by atoms with Crippen molar-refractivity contribution >= 4 is 5.78 Å². The molecule has 0 spiro atoms. The lowest BCUT2D eigenvalue weighted by molar-refractivity contribution is -0.244. The summed E-state index contributed by atoms with van der Waals surface area (Å²) >= 11 is 0. The molecule has 0 bridgehead atoms. The van der Waals surface area contributed by atoms with Crippen molar-refractivity contribution in [1.29, 1.82) is 0 Å². The molecule has 0 amide bonds. The smallest absolute Gasteiger partial charge is 0.374 e. The molecule has 2 nitrogen and oxygen atoms in total. The van der Waals surface area contributed by atoms with Crippen LogP contribution in [0.4, 0.5) is 13.2 Å². The molecule has 24 heavy (non-hydrogen) atoms. The van der Waals surface area contributed by atoms with Gasteiger partial charge in [0.05, 0.1) is 0 Å². The van der Waals surface area contributed by atoms with Gasteiger partial charge in [-0.1, -0.05) is 84.0 Å². The topological polar surface area (TPSA) is 37.3 Å². The van der Waals surface area contributed by atoms with Gasteiger partial charge in [0.2, 0.25) is 5.60 Å². The maximum atomic E-state index is 12.5. The van der Waals surface area contributed by atoms with Gasteiger partial charge in [0, 0.05) is 6.42 Å². The van der Waals surface area contributed by atoms with E-state index >= 15 is 0 Å². The SMILES string of the molecule is CCCCCCCCCCCCCCCC(=O)C(C)(O)C(F)(F)F. The number of rotatable bonds is 15. The lowest BCUT2D eigenvalue weighted by Gasteiger charge is -2.24. The zero-order chi connectivity index (χ0) is 18.5. The van der Waals surface area contributed by atoms with Crippen LogP contribution in [0.3, 0.4) is 0 Å². The predicted octanol–water partition coefficient (Wildman–Crippen LogP) is 6.35. The Labute approximate surface area is 145 Å². The summed E-state index contributed by atoms with van der Waals surface area (Å²) in [5, 5.41) is 9.24. The van der Waals surface area contributed by atoms with Crippen molar-refractivity contribution < 1.29 is 23.1 Å². The summed E-state index contributed by atoms with van der Waals surface area (Å²) in [6.45, 7) is 2.76. The Morgan fingerprint density at radius 3 is 1.42 bits per heavy atom. The summed E-state index contributed by atoms with van der Waals surface area (Å²) in [6, 6.07) is 0. The van der Waals surface area contributed by atoms with Crippen molar-refractivity contribution in [3.8, 4) is 0 Å². The van der Waals surface area contributed by atoms with Crippen molar-refractivity contribution in [3.05, 3.63) is 0 Å². The lowest BCUT2D eigenvalue weighted by Crippen LogP contribution is -2.49. The zero-order valence-electron chi connectivity index (χ0n) is 15.4. The molecule has 1 N–H and O–H groups in total. The third kappa shape index (κ3) is 10.3. The quantitative estimate of drug-likeness (QED) is 0.349. The number of hydrogen-bond acceptors (Lipinski definition) is 2. The molecule has 0 radical (unpaired) electrons. The minimum Gasteiger partial charge on any atom is -0.374 e. The van der Waals surface area contributed by atoms with E-state index in [2.05, 4.69) is 6.92 Å². The van der Waals surface area contributed by atoms with Crippen LogP contribution in [0.25, 0.3) is 0 Å². The minimum absolute atomic E-state index is 0.204. The van der Waals surface area contributed by atoms with Crippen LogP contribution in [0.5, 0.6) is 0 Å². The third-order valence-corrected chi connectivity index (χ3v) is 4.60. The summed E-state index contributed by atoms with van der Waals surface area (Å²) in [4.78, 5) is 11.4. The molecule has 0 aliphatic heterocycles. The molecule has 144 valence electrons. The van der Waals surface area contributed by atoms with Gasteiger partial charge in [-0.15, -0.1) is 0 Å². The maximum absolute atomic E-state index is 12.5. The molecule has 0 aliphatic carbocycles. The van der Waals surface area contributed by atoms with Crippen LogP contribution in [0.1, 0.15) is 104 Å². The van der Waals surface area contributed by atoms with Gasteiger partial charge in [-0.3, -0.25) is 4.79 Å². The summed E-state index contributed by atoms with van der Waals surface area (Å²) < 4.78 is 37.4. The number of carbonyl (C=O) groups is 1.